The van der Waals surface area contributed by atoms with E-state index < -0.39 is 12.2 Å². The third-order valence-electron chi connectivity index (χ3n) is 4.89. The van der Waals surface area contributed by atoms with Gasteiger partial charge < -0.3 is 21.7 Å². The van der Waals surface area contributed by atoms with Gasteiger partial charge in [0.25, 0.3) is 0 Å². The van der Waals surface area contributed by atoms with Crippen LogP contribution in [0.3, 0.4) is 0 Å². The number of aliphatic hydroxyl groups excluding tert-OH is 2. The SMILES string of the molecule is CC(N)C(O)C=CC=CCCC=CCC=CCC=CCC=CCC=CCCC=CC(O)C(C)N. The number of unbranched alkanes of at least 4 members (excludes halogenated alkanes) is 2. The molecule has 0 radical (unpaired) electrons. The summed E-state index contributed by atoms with van der Waals surface area (Å²) < 4.78 is 0. The topological polar surface area (TPSA) is 92.5 Å². The van der Waals surface area contributed by atoms with Crippen LogP contribution in [0.25, 0.3) is 0 Å². The third-order valence-corrected chi connectivity index (χ3v) is 4.89. The van der Waals surface area contributed by atoms with Crippen LogP contribution in [0.2, 0.25) is 0 Å². The van der Waals surface area contributed by atoms with Gasteiger partial charge in [-0.05, 0) is 65.2 Å². The van der Waals surface area contributed by atoms with Gasteiger partial charge in [0, 0.05) is 12.1 Å². The van der Waals surface area contributed by atoms with Crippen molar-refractivity contribution >= 4 is 0 Å². The zero-order chi connectivity index (χ0) is 25.3. The maximum absolute atomic E-state index is 9.56. The Morgan fingerprint density at radius 3 is 1.26 bits per heavy atom. The second-order valence-electron chi connectivity index (χ2n) is 8.40. The molecule has 4 atom stereocenters. The predicted octanol–water partition coefficient (Wildman–Crippen LogP) is 5.97. The van der Waals surface area contributed by atoms with Crippen LogP contribution in [0.5, 0.6) is 0 Å². The normalized spacial score (nSPS) is 17.2. The molecular weight excluding hydrogens is 420 g/mol. The molecule has 0 fully saturated rings. The van der Waals surface area contributed by atoms with Crippen molar-refractivity contribution < 1.29 is 10.2 Å². The number of aliphatic hydroxyl groups is 2. The first-order valence-corrected chi connectivity index (χ1v) is 12.6. The van der Waals surface area contributed by atoms with Gasteiger partial charge in [-0.2, -0.15) is 0 Å². The van der Waals surface area contributed by atoms with E-state index in [1.54, 1.807) is 26.0 Å². The summed E-state index contributed by atoms with van der Waals surface area (Å²) in [6.45, 7) is 3.59. The van der Waals surface area contributed by atoms with E-state index in [1.807, 2.05) is 18.2 Å². The molecule has 0 amide bonds. The molecule has 0 aliphatic rings. The van der Waals surface area contributed by atoms with Crippen LogP contribution in [0.1, 0.15) is 65.2 Å². The molecule has 0 rings (SSSR count). The lowest BCUT2D eigenvalue weighted by atomic mass is 10.1. The Morgan fingerprint density at radius 1 is 0.471 bits per heavy atom. The van der Waals surface area contributed by atoms with Gasteiger partial charge in [0.1, 0.15) is 0 Å². The standard InChI is InChI=1S/C30H48N2O2/c1-27(31)29(33)25-23-21-19-17-15-13-11-9-7-5-3-4-6-8-10-12-14-16-18-20-22-24-26-30(34)28(2)32/h3,5-6,8-9,11-12,14-15,17,20,22-30,33-34H,4,7,10,13,16,18-19,21,31-32H2,1-2H3. The van der Waals surface area contributed by atoms with Gasteiger partial charge in [0.15, 0.2) is 0 Å². The summed E-state index contributed by atoms with van der Waals surface area (Å²) in [6, 6.07) is -0.454. The second-order valence-corrected chi connectivity index (χ2v) is 8.40. The maximum atomic E-state index is 9.56. The summed E-state index contributed by atoms with van der Waals surface area (Å²) in [6.07, 6.45) is 39.9. The average molecular weight is 469 g/mol. The van der Waals surface area contributed by atoms with Crippen molar-refractivity contribution in [2.45, 2.75) is 89.5 Å². The molecule has 0 saturated carbocycles. The quantitative estimate of drug-likeness (QED) is 0.107. The van der Waals surface area contributed by atoms with Crippen LogP contribution in [-0.4, -0.2) is 34.5 Å². The van der Waals surface area contributed by atoms with Gasteiger partial charge >= 0.3 is 0 Å². The molecule has 34 heavy (non-hydrogen) atoms. The van der Waals surface area contributed by atoms with Crippen LogP contribution < -0.4 is 11.5 Å². The second kappa shape index (κ2) is 23.9. The van der Waals surface area contributed by atoms with E-state index in [4.69, 9.17) is 11.5 Å². The lowest BCUT2D eigenvalue weighted by molar-refractivity contribution is 0.198. The molecule has 0 aromatic rings. The van der Waals surface area contributed by atoms with E-state index in [1.165, 1.54) is 0 Å². The van der Waals surface area contributed by atoms with Crippen LogP contribution in [0.4, 0.5) is 0 Å². The fourth-order valence-corrected chi connectivity index (χ4v) is 2.64. The van der Waals surface area contributed by atoms with Crippen molar-refractivity contribution in [1.82, 2.24) is 0 Å². The van der Waals surface area contributed by atoms with Crippen molar-refractivity contribution in [3.05, 3.63) is 97.2 Å². The van der Waals surface area contributed by atoms with Gasteiger partial charge in [-0.25, -0.2) is 0 Å². The van der Waals surface area contributed by atoms with Crippen molar-refractivity contribution in [2.24, 2.45) is 11.5 Å². The molecule has 0 aromatic heterocycles. The monoisotopic (exact) mass is 468 g/mol. The van der Waals surface area contributed by atoms with E-state index in [0.717, 1.165) is 51.4 Å². The highest BCUT2D eigenvalue weighted by Gasteiger charge is 2.03. The number of allylic oxidation sites excluding steroid dienone is 14. The van der Waals surface area contributed by atoms with E-state index in [-0.39, 0.29) is 12.1 Å². The molecule has 190 valence electrons. The molecule has 0 spiro atoms. The first-order valence-electron chi connectivity index (χ1n) is 12.6. The largest absolute Gasteiger partial charge is 0.387 e. The van der Waals surface area contributed by atoms with E-state index in [2.05, 4.69) is 66.8 Å². The molecule has 0 aromatic carbocycles. The Hall–Kier alpha value is -2.24. The van der Waals surface area contributed by atoms with Crippen LogP contribution in [-0.2, 0) is 0 Å². The summed E-state index contributed by atoms with van der Waals surface area (Å²) >= 11 is 0. The number of rotatable bonds is 19. The Bertz CT molecular complexity index is 695. The van der Waals surface area contributed by atoms with Gasteiger partial charge in [-0.1, -0.05) is 97.2 Å². The minimum absolute atomic E-state index is 0.217. The fraction of sp³-hybridized carbons (Fsp3) is 0.467. The molecule has 4 nitrogen and oxygen atoms in total. The number of hydrogen-bond acceptors (Lipinski definition) is 4. The molecule has 0 saturated heterocycles. The lowest BCUT2D eigenvalue weighted by Crippen LogP contribution is -2.29. The summed E-state index contributed by atoms with van der Waals surface area (Å²) in [5.74, 6) is 0. The summed E-state index contributed by atoms with van der Waals surface area (Å²) in [5.41, 5.74) is 11.2. The molecule has 0 bridgehead atoms. The van der Waals surface area contributed by atoms with Crippen LogP contribution in [0, 0.1) is 0 Å². The highest BCUT2D eigenvalue weighted by molar-refractivity contribution is 5.07. The zero-order valence-electron chi connectivity index (χ0n) is 21.3. The first-order chi connectivity index (χ1) is 16.4. The highest BCUT2D eigenvalue weighted by Crippen LogP contribution is 2.00. The lowest BCUT2D eigenvalue weighted by Gasteiger charge is -2.08. The predicted molar refractivity (Wildman–Crippen MR) is 149 cm³/mol. The third kappa shape index (κ3) is 22.9. The molecule has 4 unspecified atom stereocenters. The van der Waals surface area contributed by atoms with Crippen molar-refractivity contribution in [2.75, 3.05) is 0 Å². The van der Waals surface area contributed by atoms with Crippen molar-refractivity contribution in [3.63, 3.8) is 0 Å². The van der Waals surface area contributed by atoms with Gasteiger partial charge in [-0.3, -0.25) is 0 Å². The zero-order valence-corrected chi connectivity index (χ0v) is 21.3. The van der Waals surface area contributed by atoms with Gasteiger partial charge in [-0.15, -0.1) is 0 Å². The van der Waals surface area contributed by atoms with Crippen molar-refractivity contribution in [1.29, 1.82) is 0 Å². The Kier molecular flexibility index (Phi) is 22.3. The smallest absolute Gasteiger partial charge is 0.0872 e. The Morgan fingerprint density at radius 2 is 0.824 bits per heavy atom. The summed E-state index contributed by atoms with van der Waals surface area (Å²) in [7, 11) is 0. The molecule has 0 aliphatic carbocycles. The van der Waals surface area contributed by atoms with E-state index in [9.17, 15) is 10.2 Å². The van der Waals surface area contributed by atoms with Crippen LogP contribution >= 0.6 is 0 Å². The van der Waals surface area contributed by atoms with Gasteiger partial charge in [0.2, 0.25) is 0 Å². The summed E-state index contributed by atoms with van der Waals surface area (Å²) in [5, 5.41) is 19.1. The Labute approximate surface area is 208 Å². The van der Waals surface area contributed by atoms with Gasteiger partial charge in [0.05, 0.1) is 12.2 Å². The molecular formula is C30H48N2O2. The molecule has 6 N–H and O–H groups in total. The summed E-state index contributed by atoms with van der Waals surface area (Å²) in [4.78, 5) is 0. The fourth-order valence-electron chi connectivity index (χ4n) is 2.64. The van der Waals surface area contributed by atoms with Crippen molar-refractivity contribution in [3.8, 4) is 0 Å². The first kappa shape index (κ1) is 31.8. The maximum Gasteiger partial charge on any atom is 0.0872 e. The minimum Gasteiger partial charge on any atom is -0.387 e. The average Bonchev–Trinajstić information content (AvgIpc) is 2.81. The number of hydrogen-bond donors (Lipinski definition) is 4. The minimum atomic E-state index is -0.581. The molecule has 0 aliphatic heterocycles. The highest BCUT2D eigenvalue weighted by atomic mass is 16.3. The van der Waals surface area contributed by atoms with Crippen LogP contribution in [0.15, 0.2) is 97.2 Å². The number of nitrogens with two attached hydrogens (primary N) is 2. The molecule has 4 heteroatoms. The molecule has 0 heterocycles. The van der Waals surface area contributed by atoms with E-state index >= 15 is 0 Å². The van der Waals surface area contributed by atoms with E-state index in [0.29, 0.717) is 0 Å². The Balaban J connectivity index is 3.65.